The first-order valence-corrected chi connectivity index (χ1v) is 10.3. The highest BCUT2D eigenvalue weighted by atomic mass is 32.1. The van der Waals surface area contributed by atoms with Crippen LogP contribution in [0.2, 0.25) is 0 Å². The molecule has 1 aliphatic rings. The second kappa shape index (κ2) is 7.89. The van der Waals surface area contributed by atoms with Crippen LogP contribution < -0.4 is 24.7 Å². The monoisotopic (exact) mass is 438 g/mol. The van der Waals surface area contributed by atoms with Crippen molar-refractivity contribution in [3.8, 4) is 40.5 Å². The Kier molecular flexibility index (Phi) is 5.25. The Bertz CT molecular complexity index is 1240. The summed E-state index contributed by atoms with van der Waals surface area (Å²) in [4.78, 5) is 2.30. The molecule has 9 heteroatoms. The van der Waals surface area contributed by atoms with Crippen molar-refractivity contribution < 1.29 is 18.9 Å². The number of thiophene rings is 1. The van der Waals surface area contributed by atoms with Crippen molar-refractivity contribution in [1.82, 2.24) is 10.2 Å². The molecule has 160 valence electrons. The number of methoxy groups -OCH3 is 3. The number of nitrogens with one attached hydrogen (secondary N) is 1. The van der Waals surface area contributed by atoms with Crippen LogP contribution in [0.4, 0.5) is 0 Å². The Hall–Kier alpha value is -3.64. The maximum atomic E-state index is 9.97. The second-order valence-electron chi connectivity index (χ2n) is 7.02. The molecule has 0 aliphatic carbocycles. The molecule has 0 bridgehead atoms. The lowest BCUT2D eigenvalue weighted by molar-refractivity contribution is 0.346. The van der Waals surface area contributed by atoms with E-state index in [0.717, 1.165) is 21.7 Å². The summed E-state index contributed by atoms with van der Waals surface area (Å²) in [7, 11) is 4.67. The first-order valence-electron chi connectivity index (χ1n) is 9.46. The third-order valence-electron chi connectivity index (χ3n) is 5.30. The minimum Gasteiger partial charge on any atom is -0.496 e. The summed E-state index contributed by atoms with van der Waals surface area (Å²) in [6, 6.07) is 7.83. The van der Waals surface area contributed by atoms with Crippen LogP contribution in [0.1, 0.15) is 26.8 Å². The molecule has 1 atom stereocenters. The molecule has 0 spiro atoms. The summed E-state index contributed by atoms with van der Waals surface area (Å²) < 4.78 is 22.3. The molecule has 0 saturated heterocycles. The van der Waals surface area contributed by atoms with Gasteiger partial charge in [-0.3, -0.25) is 5.10 Å². The van der Waals surface area contributed by atoms with Gasteiger partial charge in [-0.2, -0.15) is 5.26 Å². The summed E-state index contributed by atoms with van der Waals surface area (Å²) in [6.07, 6.45) is 0. The number of aromatic nitrogens is 2. The van der Waals surface area contributed by atoms with Gasteiger partial charge in [-0.15, -0.1) is 16.4 Å². The minimum atomic E-state index is -0.572. The van der Waals surface area contributed by atoms with E-state index in [1.807, 2.05) is 13.8 Å². The van der Waals surface area contributed by atoms with E-state index >= 15 is 0 Å². The molecule has 0 unspecified atom stereocenters. The van der Waals surface area contributed by atoms with E-state index in [1.165, 1.54) is 4.88 Å². The zero-order valence-electron chi connectivity index (χ0n) is 17.8. The van der Waals surface area contributed by atoms with Gasteiger partial charge >= 0.3 is 0 Å². The number of nitrogens with zero attached hydrogens (tertiary/aromatic N) is 2. The van der Waals surface area contributed by atoms with Gasteiger partial charge in [0, 0.05) is 26.9 Å². The average Bonchev–Trinajstić information content (AvgIpc) is 3.33. The molecule has 0 amide bonds. The molecule has 3 aromatic rings. The van der Waals surface area contributed by atoms with Gasteiger partial charge in [-0.1, -0.05) is 0 Å². The maximum Gasteiger partial charge on any atom is 0.244 e. The van der Waals surface area contributed by atoms with Gasteiger partial charge in [0.15, 0.2) is 11.5 Å². The number of allylic oxidation sites excluding steroid dienone is 1. The lowest BCUT2D eigenvalue weighted by atomic mass is 9.82. The third kappa shape index (κ3) is 3.25. The molecular weight excluding hydrogens is 416 g/mol. The van der Waals surface area contributed by atoms with E-state index < -0.39 is 5.92 Å². The van der Waals surface area contributed by atoms with Crippen LogP contribution in [0, 0.1) is 25.2 Å². The van der Waals surface area contributed by atoms with Crippen LogP contribution in [0.5, 0.6) is 23.1 Å². The number of rotatable bonds is 5. The molecule has 0 saturated carbocycles. The number of nitrogens with two attached hydrogens (primary N) is 1. The fraction of sp³-hybridized carbons (Fsp3) is 0.273. The Labute approximate surface area is 183 Å². The summed E-state index contributed by atoms with van der Waals surface area (Å²) in [5, 5.41) is 17.4. The normalized spacial score (nSPS) is 15.2. The number of ether oxygens (including phenoxy) is 4. The molecule has 0 fully saturated rings. The highest BCUT2D eigenvalue weighted by Crippen LogP contribution is 2.50. The molecule has 0 radical (unpaired) electrons. The fourth-order valence-corrected chi connectivity index (χ4v) is 4.85. The maximum absolute atomic E-state index is 9.97. The van der Waals surface area contributed by atoms with Gasteiger partial charge in [0.2, 0.25) is 11.8 Å². The van der Waals surface area contributed by atoms with Crippen LogP contribution in [0.3, 0.4) is 0 Å². The summed E-state index contributed by atoms with van der Waals surface area (Å²) >= 11 is 1.69. The predicted octanol–water partition coefficient (Wildman–Crippen LogP) is 4.00. The number of benzene rings is 1. The molecular formula is C22H22N4O4S. The molecule has 8 nitrogen and oxygen atoms in total. The summed E-state index contributed by atoms with van der Waals surface area (Å²) in [5.74, 6) is 1.32. The molecule has 31 heavy (non-hydrogen) atoms. The van der Waals surface area contributed by atoms with Crippen LogP contribution >= 0.6 is 11.3 Å². The summed E-state index contributed by atoms with van der Waals surface area (Å²) in [6.45, 7) is 4.10. The largest absolute Gasteiger partial charge is 0.496 e. The highest BCUT2D eigenvalue weighted by molar-refractivity contribution is 7.12. The molecule has 3 N–H and O–H groups in total. The Balaban J connectivity index is 2.02. The number of nitriles is 1. The second-order valence-corrected chi connectivity index (χ2v) is 8.48. The predicted molar refractivity (Wildman–Crippen MR) is 117 cm³/mol. The Morgan fingerprint density at radius 1 is 1.10 bits per heavy atom. The molecule has 3 heterocycles. The number of aromatic amines is 1. The number of aryl methyl sites for hydroxylation is 2. The smallest absolute Gasteiger partial charge is 0.244 e. The van der Waals surface area contributed by atoms with Crippen LogP contribution in [-0.4, -0.2) is 31.5 Å². The van der Waals surface area contributed by atoms with E-state index in [9.17, 15) is 5.26 Å². The van der Waals surface area contributed by atoms with E-state index in [1.54, 1.807) is 44.8 Å². The SMILES string of the molecule is COc1cc(OC)c([C@@H]2C(C#N)=C(N)Oc3n[nH]c(-c4cc(C)sc4C)c32)cc1OC. The van der Waals surface area contributed by atoms with E-state index in [4.69, 9.17) is 24.7 Å². The average molecular weight is 439 g/mol. The Morgan fingerprint density at radius 3 is 2.35 bits per heavy atom. The van der Waals surface area contributed by atoms with Crippen molar-refractivity contribution in [3.05, 3.63) is 50.5 Å². The standard InChI is InChI=1S/C22H22N4O4S/c1-10-6-12(11(2)31-10)20-19-18(14(9-23)21(24)30-22(19)26-25-20)13-7-16(28-4)17(29-5)8-15(13)27-3/h6-8,18H,24H2,1-5H3,(H,25,26)/t18-/m1/s1. The van der Waals surface area contributed by atoms with Crippen molar-refractivity contribution in [2.75, 3.05) is 21.3 Å². The zero-order valence-corrected chi connectivity index (χ0v) is 18.6. The lowest BCUT2D eigenvalue weighted by Crippen LogP contribution is -2.21. The third-order valence-corrected chi connectivity index (χ3v) is 6.26. The summed E-state index contributed by atoms with van der Waals surface area (Å²) in [5.41, 5.74) is 9.58. The zero-order chi connectivity index (χ0) is 22.3. The van der Waals surface area contributed by atoms with Crippen LogP contribution in [-0.2, 0) is 0 Å². The Morgan fingerprint density at radius 2 is 1.77 bits per heavy atom. The lowest BCUT2D eigenvalue weighted by Gasteiger charge is -2.26. The van der Waals surface area contributed by atoms with Gasteiger partial charge in [0.05, 0.1) is 38.5 Å². The molecule has 1 aliphatic heterocycles. The molecule has 2 aromatic heterocycles. The van der Waals surface area contributed by atoms with Gasteiger partial charge in [-0.25, -0.2) is 0 Å². The quantitative estimate of drug-likeness (QED) is 0.618. The minimum absolute atomic E-state index is 0.00751. The first kappa shape index (κ1) is 20.6. The molecule has 1 aromatic carbocycles. The number of hydrogen-bond donors (Lipinski definition) is 2. The number of fused-ring (bicyclic) bond motifs is 1. The van der Waals surface area contributed by atoms with Crippen LogP contribution in [0.25, 0.3) is 11.3 Å². The van der Waals surface area contributed by atoms with E-state index in [-0.39, 0.29) is 11.5 Å². The van der Waals surface area contributed by atoms with Gasteiger partial charge in [0.1, 0.15) is 17.4 Å². The van der Waals surface area contributed by atoms with Crippen molar-refractivity contribution in [2.24, 2.45) is 5.73 Å². The molecule has 4 rings (SSSR count). The van der Waals surface area contributed by atoms with Crippen molar-refractivity contribution >= 4 is 11.3 Å². The van der Waals surface area contributed by atoms with Gasteiger partial charge < -0.3 is 24.7 Å². The van der Waals surface area contributed by atoms with Gasteiger partial charge in [-0.05, 0) is 26.0 Å². The number of hydrogen-bond acceptors (Lipinski definition) is 8. The fourth-order valence-electron chi connectivity index (χ4n) is 3.92. The van der Waals surface area contributed by atoms with Crippen molar-refractivity contribution in [2.45, 2.75) is 19.8 Å². The van der Waals surface area contributed by atoms with E-state index in [0.29, 0.717) is 28.7 Å². The first-order chi connectivity index (χ1) is 14.9. The highest BCUT2D eigenvalue weighted by Gasteiger charge is 2.38. The van der Waals surface area contributed by atoms with Gasteiger partial charge in [0.25, 0.3) is 0 Å². The van der Waals surface area contributed by atoms with Crippen molar-refractivity contribution in [1.29, 1.82) is 5.26 Å². The van der Waals surface area contributed by atoms with Crippen molar-refractivity contribution in [3.63, 3.8) is 0 Å². The topological polar surface area (TPSA) is 115 Å². The number of H-pyrrole nitrogens is 1. The van der Waals surface area contributed by atoms with E-state index in [2.05, 4.69) is 22.3 Å². The van der Waals surface area contributed by atoms with Crippen LogP contribution in [0.15, 0.2) is 29.7 Å².